The van der Waals surface area contributed by atoms with Crippen molar-refractivity contribution in [3.8, 4) is 0 Å². The molecule has 2 aromatic carbocycles. The van der Waals surface area contributed by atoms with Gasteiger partial charge >= 0.3 is 5.97 Å². The SMILES string of the molecule is COCC(C)n1c(C)cc(C(=O)COC(=O)c2cccc(CN3C(=O)c4ccccc4C3=O)c2)c1C. The van der Waals surface area contributed by atoms with Crippen molar-refractivity contribution >= 4 is 23.6 Å². The molecule has 2 heterocycles. The number of nitrogens with zero attached hydrogens (tertiary/aromatic N) is 2. The Labute approximate surface area is 209 Å². The van der Waals surface area contributed by atoms with E-state index in [-0.39, 0.29) is 35.7 Å². The Balaban J connectivity index is 1.42. The molecule has 1 aliphatic rings. The first-order chi connectivity index (χ1) is 17.2. The van der Waals surface area contributed by atoms with Crippen molar-refractivity contribution in [2.75, 3.05) is 20.3 Å². The largest absolute Gasteiger partial charge is 0.454 e. The first kappa shape index (κ1) is 25.1. The smallest absolute Gasteiger partial charge is 0.338 e. The van der Waals surface area contributed by atoms with Gasteiger partial charge in [-0.2, -0.15) is 0 Å². The van der Waals surface area contributed by atoms with Crippen LogP contribution in [-0.4, -0.2) is 53.4 Å². The average Bonchev–Trinajstić information content (AvgIpc) is 3.30. The van der Waals surface area contributed by atoms with E-state index < -0.39 is 12.6 Å². The number of methoxy groups -OCH3 is 1. The van der Waals surface area contributed by atoms with Crippen molar-refractivity contribution in [1.29, 1.82) is 0 Å². The van der Waals surface area contributed by atoms with E-state index in [0.717, 1.165) is 16.3 Å². The molecule has 0 N–H and O–H groups in total. The van der Waals surface area contributed by atoms with Gasteiger partial charge in [-0.05, 0) is 56.7 Å². The van der Waals surface area contributed by atoms with E-state index >= 15 is 0 Å². The van der Waals surface area contributed by atoms with Crippen LogP contribution in [0.25, 0.3) is 0 Å². The van der Waals surface area contributed by atoms with Gasteiger partial charge in [0.25, 0.3) is 11.8 Å². The van der Waals surface area contributed by atoms with Crippen LogP contribution in [0.1, 0.15) is 71.3 Å². The van der Waals surface area contributed by atoms with Gasteiger partial charge in [0, 0.05) is 24.1 Å². The van der Waals surface area contributed by atoms with E-state index in [1.54, 1.807) is 61.7 Å². The Morgan fingerprint density at radius 2 is 1.61 bits per heavy atom. The highest BCUT2D eigenvalue weighted by molar-refractivity contribution is 6.21. The van der Waals surface area contributed by atoms with Gasteiger partial charge in [-0.1, -0.05) is 24.3 Å². The molecule has 0 bridgehead atoms. The fourth-order valence-electron chi connectivity index (χ4n) is 4.71. The molecular weight excluding hydrogens is 460 g/mol. The number of fused-ring (bicyclic) bond motifs is 1. The van der Waals surface area contributed by atoms with Crippen LogP contribution in [0.3, 0.4) is 0 Å². The summed E-state index contributed by atoms with van der Waals surface area (Å²) in [5, 5.41) is 0. The molecule has 1 aliphatic heterocycles. The summed E-state index contributed by atoms with van der Waals surface area (Å²) in [6, 6.07) is 15.0. The second-order valence-electron chi connectivity index (χ2n) is 8.90. The molecule has 0 saturated carbocycles. The number of Topliss-reactive ketones (excluding diaryl/α,β-unsaturated/α-hetero) is 1. The lowest BCUT2D eigenvalue weighted by atomic mass is 10.1. The number of hydrogen-bond acceptors (Lipinski definition) is 6. The van der Waals surface area contributed by atoms with Crippen molar-refractivity contribution in [3.63, 3.8) is 0 Å². The zero-order valence-electron chi connectivity index (χ0n) is 20.7. The number of imide groups is 1. The number of ketones is 1. The van der Waals surface area contributed by atoms with Gasteiger partial charge in [-0.25, -0.2) is 4.79 Å². The zero-order chi connectivity index (χ0) is 26.0. The second-order valence-corrected chi connectivity index (χ2v) is 8.90. The quantitative estimate of drug-likeness (QED) is 0.255. The second kappa shape index (κ2) is 10.3. The minimum Gasteiger partial charge on any atom is -0.454 e. The fraction of sp³-hybridized carbons (Fsp3) is 0.286. The predicted octanol–water partition coefficient (Wildman–Crippen LogP) is 4.15. The lowest BCUT2D eigenvalue weighted by Gasteiger charge is -2.17. The van der Waals surface area contributed by atoms with Gasteiger partial charge in [-0.3, -0.25) is 19.3 Å². The van der Waals surface area contributed by atoms with E-state index in [0.29, 0.717) is 28.9 Å². The number of ether oxygens (including phenoxy) is 2. The number of carbonyl (C=O) groups is 4. The molecule has 186 valence electrons. The molecule has 1 unspecified atom stereocenters. The van der Waals surface area contributed by atoms with Gasteiger partial charge in [0.1, 0.15) is 0 Å². The summed E-state index contributed by atoms with van der Waals surface area (Å²) in [5.74, 6) is -1.69. The number of amides is 2. The first-order valence-electron chi connectivity index (χ1n) is 11.6. The number of benzene rings is 2. The topological polar surface area (TPSA) is 94.9 Å². The molecule has 8 nitrogen and oxygen atoms in total. The molecule has 0 radical (unpaired) electrons. The minimum absolute atomic E-state index is 0.0258. The van der Waals surface area contributed by atoms with Crippen LogP contribution in [0.5, 0.6) is 0 Å². The van der Waals surface area contributed by atoms with E-state index in [4.69, 9.17) is 9.47 Å². The van der Waals surface area contributed by atoms with Crippen LogP contribution < -0.4 is 0 Å². The number of carbonyl (C=O) groups excluding carboxylic acids is 4. The van der Waals surface area contributed by atoms with Gasteiger partial charge in [-0.15, -0.1) is 0 Å². The van der Waals surface area contributed by atoms with E-state index in [2.05, 4.69) is 0 Å². The Morgan fingerprint density at radius 3 is 2.25 bits per heavy atom. The maximum Gasteiger partial charge on any atom is 0.338 e. The molecular formula is C28H28N2O6. The Morgan fingerprint density at radius 1 is 0.944 bits per heavy atom. The normalized spacial score (nSPS) is 13.6. The van der Waals surface area contributed by atoms with E-state index in [1.807, 2.05) is 25.3 Å². The molecule has 0 fully saturated rings. The van der Waals surface area contributed by atoms with Gasteiger partial charge in [0.05, 0.1) is 35.9 Å². The molecule has 2 amide bonds. The number of hydrogen-bond donors (Lipinski definition) is 0. The van der Waals surface area contributed by atoms with Gasteiger partial charge in [0.15, 0.2) is 6.61 Å². The number of esters is 1. The van der Waals surface area contributed by atoms with Crippen molar-refractivity contribution in [2.24, 2.45) is 0 Å². The zero-order valence-corrected chi connectivity index (χ0v) is 20.7. The third-order valence-electron chi connectivity index (χ3n) is 6.35. The Bertz CT molecular complexity index is 1320. The van der Waals surface area contributed by atoms with Crippen LogP contribution in [0.2, 0.25) is 0 Å². The molecule has 0 spiro atoms. The van der Waals surface area contributed by atoms with Crippen LogP contribution in [0, 0.1) is 13.8 Å². The summed E-state index contributed by atoms with van der Waals surface area (Å²) < 4.78 is 12.6. The fourth-order valence-corrected chi connectivity index (χ4v) is 4.71. The minimum atomic E-state index is -0.658. The van der Waals surface area contributed by atoms with Crippen molar-refractivity contribution in [1.82, 2.24) is 9.47 Å². The first-order valence-corrected chi connectivity index (χ1v) is 11.6. The van der Waals surface area contributed by atoms with Crippen molar-refractivity contribution < 1.29 is 28.7 Å². The molecule has 1 aromatic heterocycles. The highest BCUT2D eigenvalue weighted by Gasteiger charge is 2.35. The highest BCUT2D eigenvalue weighted by atomic mass is 16.5. The summed E-state index contributed by atoms with van der Waals surface area (Å²) in [7, 11) is 1.63. The average molecular weight is 489 g/mol. The van der Waals surface area contributed by atoms with Crippen molar-refractivity contribution in [2.45, 2.75) is 33.4 Å². The molecule has 8 heteroatoms. The third-order valence-corrected chi connectivity index (χ3v) is 6.35. The summed E-state index contributed by atoms with van der Waals surface area (Å²) in [5.41, 5.74) is 3.79. The van der Waals surface area contributed by atoms with Crippen molar-refractivity contribution in [3.05, 3.63) is 93.8 Å². The summed E-state index contributed by atoms with van der Waals surface area (Å²) >= 11 is 0. The van der Waals surface area contributed by atoms with Gasteiger partial charge < -0.3 is 14.0 Å². The summed E-state index contributed by atoms with van der Waals surface area (Å²) in [6.07, 6.45) is 0. The number of aromatic nitrogens is 1. The third kappa shape index (κ3) is 4.72. The summed E-state index contributed by atoms with van der Waals surface area (Å²) in [6.45, 7) is 5.92. The number of rotatable bonds is 9. The number of aryl methyl sites for hydroxylation is 1. The van der Waals surface area contributed by atoms with Gasteiger partial charge in [0.2, 0.25) is 5.78 Å². The van der Waals surface area contributed by atoms with E-state index in [1.165, 1.54) is 0 Å². The highest BCUT2D eigenvalue weighted by Crippen LogP contribution is 2.25. The lowest BCUT2D eigenvalue weighted by Crippen LogP contribution is -2.29. The van der Waals surface area contributed by atoms with E-state index in [9.17, 15) is 19.2 Å². The Kier molecular flexibility index (Phi) is 7.17. The maximum absolute atomic E-state index is 12.8. The van der Waals surface area contributed by atoms with Crippen LogP contribution in [0.15, 0.2) is 54.6 Å². The van der Waals surface area contributed by atoms with Crippen LogP contribution >= 0.6 is 0 Å². The molecule has 0 saturated heterocycles. The Hall–Kier alpha value is -4.04. The molecule has 0 aliphatic carbocycles. The molecule has 3 aromatic rings. The molecule has 36 heavy (non-hydrogen) atoms. The lowest BCUT2D eigenvalue weighted by molar-refractivity contribution is 0.0474. The standard InChI is InChI=1S/C28H28N2O6/c1-17-12-24(19(3)30(17)18(2)15-35-4)25(31)16-36-28(34)21-9-7-8-20(13-21)14-29-26(32)22-10-5-6-11-23(22)27(29)33/h5-13,18H,14-16H2,1-4H3. The predicted molar refractivity (Wildman–Crippen MR) is 132 cm³/mol. The molecule has 1 atom stereocenters. The monoisotopic (exact) mass is 488 g/mol. The summed E-state index contributed by atoms with van der Waals surface area (Å²) in [4.78, 5) is 51.9. The van der Waals surface area contributed by atoms with Crippen LogP contribution in [0.4, 0.5) is 0 Å². The maximum atomic E-state index is 12.8. The molecule has 4 rings (SSSR count). The van der Waals surface area contributed by atoms with Crippen LogP contribution in [-0.2, 0) is 16.0 Å².